The van der Waals surface area contributed by atoms with Crippen molar-refractivity contribution in [2.75, 3.05) is 19.1 Å². The Morgan fingerprint density at radius 1 is 1.03 bits per heavy atom. The minimum absolute atomic E-state index is 0.158. The summed E-state index contributed by atoms with van der Waals surface area (Å²) in [5.74, 6) is 1.84. The summed E-state index contributed by atoms with van der Waals surface area (Å²) in [6, 6.07) is 19.3. The molecule has 1 amide bonds. The molecule has 1 fully saturated rings. The predicted molar refractivity (Wildman–Crippen MR) is 150 cm³/mol. The Labute approximate surface area is 222 Å². The van der Waals surface area contributed by atoms with Gasteiger partial charge in [0.1, 0.15) is 12.4 Å². The van der Waals surface area contributed by atoms with E-state index in [0.717, 1.165) is 20.4 Å². The lowest BCUT2D eigenvalue weighted by atomic mass is 10.1. The fourth-order valence-corrected chi connectivity index (χ4v) is 5.46. The largest absolute Gasteiger partial charge is 0.497 e. The molecule has 174 valence electrons. The van der Waals surface area contributed by atoms with Crippen LogP contribution in [0.5, 0.6) is 17.2 Å². The van der Waals surface area contributed by atoms with Gasteiger partial charge in [-0.2, -0.15) is 0 Å². The van der Waals surface area contributed by atoms with Gasteiger partial charge in [-0.1, -0.05) is 53.8 Å². The maximum Gasteiger partial charge on any atom is 0.270 e. The van der Waals surface area contributed by atoms with Crippen molar-refractivity contribution in [2.24, 2.45) is 0 Å². The van der Waals surface area contributed by atoms with E-state index in [1.54, 1.807) is 26.4 Å². The highest BCUT2D eigenvalue weighted by molar-refractivity contribution is 14.1. The zero-order valence-electron chi connectivity index (χ0n) is 18.8. The standard InChI is InChI=1S/C26H22INO4S2/c1-16-4-6-17(7-5-16)15-32-24-21(27)12-18(13-22(24)31-3)14-23-25(29)28(26(33)34-23)19-8-10-20(30-2)11-9-19/h4-14H,15H2,1-3H3/b23-14+. The highest BCUT2D eigenvalue weighted by Gasteiger charge is 2.33. The molecule has 0 atom stereocenters. The van der Waals surface area contributed by atoms with Gasteiger partial charge >= 0.3 is 0 Å². The van der Waals surface area contributed by atoms with Crippen molar-refractivity contribution in [1.29, 1.82) is 0 Å². The Hall–Kier alpha value is -2.56. The quantitative estimate of drug-likeness (QED) is 0.172. The number of benzene rings is 3. The molecule has 0 N–H and O–H groups in total. The molecule has 0 spiro atoms. The third-order valence-corrected chi connectivity index (χ3v) is 7.28. The summed E-state index contributed by atoms with van der Waals surface area (Å²) in [5.41, 5.74) is 3.82. The van der Waals surface area contributed by atoms with E-state index >= 15 is 0 Å². The van der Waals surface area contributed by atoms with Crippen molar-refractivity contribution in [1.82, 2.24) is 0 Å². The van der Waals surface area contributed by atoms with Crippen LogP contribution in [0.3, 0.4) is 0 Å². The highest BCUT2D eigenvalue weighted by Crippen LogP contribution is 2.39. The molecule has 0 saturated carbocycles. The van der Waals surface area contributed by atoms with Crippen LogP contribution in [-0.4, -0.2) is 24.4 Å². The molecule has 0 bridgehead atoms. The van der Waals surface area contributed by atoms with Crippen molar-refractivity contribution in [3.63, 3.8) is 0 Å². The number of ether oxygens (including phenoxy) is 3. The molecule has 0 aliphatic carbocycles. The van der Waals surface area contributed by atoms with Crippen LogP contribution in [0, 0.1) is 10.5 Å². The number of thiocarbonyl (C=S) groups is 1. The maximum absolute atomic E-state index is 13.1. The number of anilines is 1. The van der Waals surface area contributed by atoms with Gasteiger partial charge in [-0.25, -0.2) is 0 Å². The van der Waals surface area contributed by atoms with Crippen molar-refractivity contribution < 1.29 is 19.0 Å². The van der Waals surface area contributed by atoms with Crippen LogP contribution in [0.15, 0.2) is 65.6 Å². The summed E-state index contributed by atoms with van der Waals surface area (Å²) in [7, 11) is 3.21. The molecular weight excluding hydrogens is 581 g/mol. The molecule has 34 heavy (non-hydrogen) atoms. The first-order valence-corrected chi connectivity index (χ1v) is 12.7. The molecule has 4 rings (SSSR count). The molecule has 3 aromatic carbocycles. The summed E-state index contributed by atoms with van der Waals surface area (Å²) < 4.78 is 18.3. The first-order valence-electron chi connectivity index (χ1n) is 10.4. The third kappa shape index (κ3) is 5.39. The van der Waals surface area contributed by atoms with E-state index in [-0.39, 0.29) is 5.91 Å². The van der Waals surface area contributed by atoms with Crippen molar-refractivity contribution in [3.8, 4) is 17.2 Å². The number of rotatable bonds is 7. The molecule has 0 aromatic heterocycles. The molecule has 1 heterocycles. The Morgan fingerprint density at radius 2 is 1.74 bits per heavy atom. The molecule has 0 unspecified atom stereocenters. The summed E-state index contributed by atoms with van der Waals surface area (Å²) in [6.45, 7) is 2.49. The highest BCUT2D eigenvalue weighted by atomic mass is 127. The monoisotopic (exact) mass is 603 g/mol. The van der Waals surface area contributed by atoms with E-state index < -0.39 is 0 Å². The van der Waals surface area contributed by atoms with E-state index in [2.05, 4.69) is 41.6 Å². The summed E-state index contributed by atoms with van der Waals surface area (Å²) in [6.07, 6.45) is 1.83. The number of aryl methyl sites for hydroxylation is 1. The Bertz CT molecular complexity index is 1260. The minimum Gasteiger partial charge on any atom is -0.497 e. The lowest BCUT2D eigenvalue weighted by Crippen LogP contribution is -2.27. The van der Waals surface area contributed by atoms with E-state index in [9.17, 15) is 4.79 Å². The van der Waals surface area contributed by atoms with E-state index in [4.69, 9.17) is 26.4 Å². The normalized spacial score (nSPS) is 14.6. The zero-order valence-corrected chi connectivity index (χ0v) is 22.6. The van der Waals surface area contributed by atoms with Crippen LogP contribution in [0.25, 0.3) is 6.08 Å². The number of amides is 1. The van der Waals surface area contributed by atoms with Gasteiger partial charge in [0.25, 0.3) is 5.91 Å². The third-order valence-electron chi connectivity index (χ3n) is 5.18. The van der Waals surface area contributed by atoms with Gasteiger partial charge in [-0.15, -0.1) is 0 Å². The number of carbonyl (C=O) groups is 1. The van der Waals surface area contributed by atoms with Crippen molar-refractivity contribution in [3.05, 3.63) is 85.8 Å². The maximum atomic E-state index is 13.1. The van der Waals surface area contributed by atoms with Crippen molar-refractivity contribution >= 4 is 68.6 Å². The Kier molecular flexibility index (Phi) is 7.80. The lowest BCUT2D eigenvalue weighted by Gasteiger charge is -2.15. The molecule has 0 radical (unpaired) electrons. The number of thioether (sulfide) groups is 1. The van der Waals surface area contributed by atoms with Gasteiger partial charge in [0.15, 0.2) is 15.8 Å². The minimum atomic E-state index is -0.158. The van der Waals surface area contributed by atoms with Gasteiger partial charge in [-0.3, -0.25) is 9.69 Å². The van der Waals surface area contributed by atoms with Gasteiger partial charge < -0.3 is 14.2 Å². The first kappa shape index (κ1) is 24.6. The summed E-state index contributed by atoms with van der Waals surface area (Å²) in [5, 5.41) is 0. The molecule has 1 saturated heterocycles. The van der Waals surface area contributed by atoms with Crippen LogP contribution in [0.4, 0.5) is 5.69 Å². The van der Waals surface area contributed by atoms with Gasteiger partial charge in [-0.05, 0) is 83.1 Å². The summed E-state index contributed by atoms with van der Waals surface area (Å²) >= 11 is 8.99. The second-order valence-electron chi connectivity index (χ2n) is 7.52. The molecular formula is C26H22INO4S2. The predicted octanol–water partition coefficient (Wildman–Crippen LogP) is 6.60. The molecule has 1 aliphatic rings. The van der Waals surface area contributed by atoms with E-state index in [1.807, 2.05) is 42.5 Å². The smallest absolute Gasteiger partial charge is 0.270 e. The van der Waals surface area contributed by atoms with Crippen LogP contribution in [0.2, 0.25) is 0 Å². The first-order chi connectivity index (χ1) is 16.4. The number of methoxy groups -OCH3 is 2. The van der Waals surface area contributed by atoms with Crippen LogP contribution in [-0.2, 0) is 11.4 Å². The van der Waals surface area contributed by atoms with E-state index in [1.165, 1.54) is 22.2 Å². The average molecular weight is 604 g/mol. The average Bonchev–Trinajstić information content (AvgIpc) is 3.11. The van der Waals surface area contributed by atoms with Crippen LogP contribution < -0.4 is 19.1 Å². The van der Waals surface area contributed by atoms with Gasteiger partial charge in [0, 0.05) is 0 Å². The molecule has 1 aliphatic heterocycles. The molecule has 5 nitrogen and oxygen atoms in total. The number of carbonyl (C=O) groups excluding carboxylic acids is 1. The fourth-order valence-electron chi connectivity index (χ4n) is 3.38. The second kappa shape index (κ2) is 10.8. The lowest BCUT2D eigenvalue weighted by molar-refractivity contribution is -0.113. The SMILES string of the molecule is COc1ccc(N2C(=O)/C(=C\c3cc(I)c(OCc4ccc(C)cc4)c(OC)c3)SC2=S)cc1. The van der Waals surface area contributed by atoms with Gasteiger partial charge in [0.2, 0.25) is 0 Å². The van der Waals surface area contributed by atoms with E-state index in [0.29, 0.717) is 33.0 Å². The molecule has 8 heteroatoms. The van der Waals surface area contributed by atoms with Crippen LogP contribution >= 0.6 is 46.6 Å². The fraction of sp³-hybridized carbons (Fsp3) is 0.154. The Morgan fingerprint density at radius 3 is 2.38 bits per heavy atom. The molecule has 3 aromatic rings. The zero-order chi connectivity index (χ0) is 24.2. The number of hydrogen-bond acceptors (Lipinski definition) is 6. The number of hydrogen-bond donors (Lipinski definition) is 0. The number of nitrogens with zero attached hydrogens (tertiary/aromatic N) is 1. The van der Waals surface area contributed by atoms with Crippen LogP contribution in [0.1, 0.15) is 16.7 Å². The topological polar surface area (TPSA) is 48.0 Å². The number of halogens is 1. The Balaban J connectivity index is 1.56. The summed E-state index contributed by atoms with van der Waals surface area (Å²) in [4.78, 5) is 15.2. The van der Waals surface area contributed by atoms with Gasteiger partial charge in [0.05, 0.1) is 28.4 Å². The van der Waals surface area contributed by atoms with Crippen molar-refractivity contribution in [2.45, 2.75) is 13.5 Å². The second-order valence-corrected chi connectivity index (χ2v) is 10.4.